The van der Waals surface area contributed by atoms with Crippen molar-refractivity contribution in [3.8, 4) is 0 Å². The van der Waals surface area contributed by atoms with Crippen LogP contribution in [0.2, 0.25) is 0 Å². The van der Waals surface area contributed by atoms with Crippen LogP contribution in [0.25, 0.3) is 0 Å². The number of sulfonamides is 1. The monoisotopic (exact) mass is 262 g/mol. The second-order valence-electron chi connectivity index (χ2n) is 4.90. The summed E-state index contributed by atoms with van der Waals surface area (Å²) in [5.41, 5.74) is 5.40. The summed E-state index contributed by atoms with van der Waals surface area (Å²) in [6.45, 7) is 1.32. The Morgan fingerprint density at radius 3 is 2.29 bits per heavy atom. The molecule has 0 aliphatic heterocycles. The fourth-order valence-corrected chi connectivity index (χ4v) is 3.95. The van der Waals surface area contributed by atoms with Crippen molar-refractivity contribution in [1.29, 1.82) is 0 Å². The van der Waals surface area contributed by atoms with Crippen molar-refractivity contribution in [2.45, 2.75) is 63.0 Å². The first-order chi connectivity index (χ1) is 8.17. The summed E-state index contributed by atoms with van der Waals surface area (Å²) in [5.74, 6) is 0. The van der Waals surface area contributed by atoms with Gasteiger partial charge in [-0.05, 0) is 32.2 Å². The van der Waals surface area contributed by atoms with E-state index >= 15 is 0 Å². The Balaban J connectivity index is 2.15. The van der Waals surface area contributed by atoms with Crippen molar-refractivity contribution in [3.63, 3.8) is 0 Å². The van der Waals surface area contributed by atoms with Crippen LogP contribution >= 0.6 is 0 Å². The minimum Gasteiger partial charge on any atom is -0.330 e. The number of nitrogens with one attached hydrogen (secondary N) is 1. The van der Waals surface area contributed by atoms with Crippen molar-refractivity contribution >= 4 is 10.0 Å². The molecule has 17 heavy (non-hydrogen) atoms. The van der Waals surface area contributed by atoms with Crippen molar-refractivity contribution < 1.29 is 8.42 Å². The molecule has 0 atom stereocenters. The average molecular weight is 262 g/mol. The highest BCUT2D eigenvalue weighted by molar-refractivity contribution is 7.90. The molecule has 5 heteroatoms. The highest BCUT2D eigenvalue weighted by atomic mass is 32.2. The first kappa shape index (κ1) is 14.9. The molecule has 1 aliphatic carbocycles. The minimum atomic E-state index is -3.05. The summed E-state index contributed by atoms with van der Waals surface area (Å²) in [6, 6.07) is 0. The summed E-state index contributed by atoms with van der Waals surface area (Å²) in [4.78, 5) is 0. The van der Waals surface area contributed by atoms with Crippen molar-refractivity contribution in [2.75, 3.05) is 13.1 Å². The molecule has 0 radical (unpaired) electrons. The summed E-state index contributed by atoms with van der Waals surface area (Å²) < 4.78 is 26.6. The van der Waals surface area contributed by atoms with Crippen LogP contribution in [0.15, 0.2) is 0 Å². The summed E-state index contributed by atoms with van der Waals surface area (Å²) in [6.07, 6.45) is 9.09. The van der Waals surface area contributed by atoms with Gasteiger partial charge < -0.3 is 5.73 Å². The zero-order valence-corrected chi connectivity index (χ0v) is 11.5. The van der Waals surface area contributed by atoms with E-state index in [1.54, 1.807) is 0 Å². The fourth-order valence-electron chi connectivity index (χ4n) is 2.33. The van der Waals surface area contributed by atoms with E-state index in [9.17, 15) is 8.42 Å². The molecule has 0 amide bonds. The molecule has 0 heterocycles. The molecule has 0 aromatic rings. The van der Waals surface area contributed by atoms with Crippen LogP contribution in [0.4, 0.5) is 0 Å². The Hall–Kier alpha value is -0.130. The summed E-state index contributed by atoms with van der Waals surface area (Å²) in [7, 11) is -3.05. The Bertz CT molecular complexity index is 285. The van der Waals surface area contributed by atoms with Gasteiger partial charge in [0.25, 0.3) is 0 Å². The third kappa shape index (κ3) is 5.84. The second kappa shape index (κ2) is 8.06. The van der Waals surface area contributed by atoms with E-state index in [2.05, 4.69) is 4.72 Å². The molecule has 0 aromatic heterocycles. The summed E-state index contributed by atoms with van der Waals surface area (Å²) >= 11 is 0. The topological polar surface area (TPSA) is 72.2 Å². The number of unbranched alkanes of at least 4 members (excludes halogenated alkanes) is 3. The molecule has 0 bridgehead atoms. The first-order valence-corrected chi connectivity index (χ1v) is 8.40. The molecular formula is C12H26N2O2S. The molecule has 1 rings (SSSR count). The number of rotatable bonds is 8. The lowest BCUT2D eigenvalue weighted by Gasteiger charge is -2.21. The van der Waals surface area contributed by atoms with Crippen LogP contribution in [0.5, 0.6) is 0 Å². The van der Waals surface area contributed by atoms with Gasteiger partial charge >= 0.3 is 0 Å². The van der Waals surface area contributed by atoms with Gasteiger partial charge in [-0.2, -0.15) is 0 Å². The number of nitrogens with two attached hydrogens (primary N) is 1. The maximum atomic E-state index is 11.9. The Labute approximate surface area is 105 Å². The largest absolute Gasteiger partial charge is 0.330 e. The van der Waals surface area contributed by atoms with E-state index in [1.807, 2.05) is 0 Å². The van der Waals surface area contributed by atoms with Gasteiger partial charge in [0.1, 0.15) is 0 Å². The van der Waals surface area contributed by atoms with E-state index in [-0.39, 0.29) is 5.25 Å². The molecule has 0 aromatic carbocycles. The summed E-state index contributed by atoms with van der Waals surface area (Å²) in [5, 5.41) is -0.139. The molecule has 0 spiro atoms. The van der Waals surface area contributed by atoms with Gasteiger partial charge in [-0.3, -0.25) is 0 Å². The minimum absolute atomic E-state index is 0.139. The third-order valence-corrected chi connectivity index (χ3v) is 5.38. The van der Waals surface area contributed by atoms with E-state index in [0.29, 0.717) is 6.54 Å². The Morgan fingerprint density at radius 2 is 1.65 bits per heavy atom. The Kier molecular flexibility index (Phi) is 7.08. The number of hydrogen-bond acceptors (Lipinski definition) is 3. The average Bonchev–Trinajstić information content (AvgIpc) is 2.35. The number of hydrogen-bond donors (Lipinski definition) is 2. The highest BCUT2D eigenvalue weighted by Gasteiger charge is 2.26. The molecule has 0 saturated heterocycles. The molecule has 1 aliphatic rings. The van der Waals surface area contributed by atoms with E-state index in [4.69, 9.17) is 5.73 Å². The van der Waals surface area contributed by atoms with Gasteiger partial charge in [0.05, 0.1) is 5.25 Å². The quantitative estimate of drug-likeness (QED) is 0.655. The lowest BCUT2D eigenvalue weighted by molar-refractivity contribution is 0.476. The van der Waals surface area contributed by atoms with Gasteiger partial charge in [-0.25, -0.2) is 13.1 Å². The molecule has 102 valence electrons. The van der Waals surface area contributed by atoms with Crippen LogP contribution in [-0.2, 0) is 10.0 Å². The van der Waals surface area contributed by atoms with E-state index < -0.39 is 10.0 Å². The zero-order chi connectivity index (χ0) is 12.6. The molecule has 1 saturated carbocycles. The Morgan fingerprint density at radius 1 is 1.00 bits per heavy atom. The highest BCUT2D eigenvalue weighted by Crippen LogP contribution is 2.22. The van der Waals surface area contributed by atoms with Crippen molar-refractivity contribution in [1.82, 2.24) is 4.72 Å². The standard InChI is InChI=1S/C12H26N2O2S/c13-10-6-1-2-7-11-14-17(15,16)12-8-4-3-5-9-12/h12,14H,1-11,13H2. The van der Waals surface area contributed by atoms with Gasteiger partial charge in [-0.1, -0.05) is 32.1 Å². The first-order valence-electron chi connectivity index (χ1n) is 6.85. The van der Waals surface area contributed by atoms with Crippen LogP contribution in [0.3, 0.4) is 0 Å². The maximum absolute atomic E-state index is 11.9. The fraction of sp³-hybridized carbons (Fsp3) is 1.00. The molecule has 3 N–H and O–H groups in total. The predicted octanol–water partition coefficient (Wildman–Crippen LogP) is 1.76. The lowest BCUT2D eigenvalue weighted by Crippen LogP contribution is -2.36. The van der Waals surface area contributed by atoms with Gasteiger partial charge in [0.15, 0.2) is 0 Å². The molecule has 1 fully saturated rings. The lowest BCUT2D eigenvalue weighted by atomic mass is 10.0. The van der Waals surface area contributed by atoms with Gasteiger partial charge in [0.2, 0.25) is 10.0 Å². The smallest absolute Gasteiger partial charge is 0.214 e. The maximum Gasteiger partial charge on any atom is 0.214 e. The van der Waals surface area contributed by atoms with Gasteiger partial charge in [-0.15, -0.1) is 0 Å². The molecule has 4 nitrogen and oxygen atoms in total. The van der Waals surface area contributed by atoms with Crippen LogP contribution in [0.1, 0.15) is 57.8 Å². The zero-order valence-electron chi connectivity index (χ0n) is 10.7. The van der Waals surface area contributed by atoms with Crippen LogP contribution in [0, 0.1) is 0 Å². The normalized spacial score (nSPS) is 18.4. The predicted molar refractivity (Wildman–Crippen MR) is 71.3 cm³/mol. The van der Waals surface area contributed by atoms with E-state index in [0.717, 1.165) is 57.9 Å². The van der Waals surface area contributed by atoms with E-state index in [1.165, 1.54) is 6.42 Å². The molecule has 0 unspecified atom stereocenters. The second-order valence-corrected chi connectivity index (χ2v) is 6.95. The van der Waals surface area contributed by atoms with Crippen LogP contribution < -0.4 is 10.5 Å². The SMILES string of the molecule is NCCCCCCNS(=O)(=O)C1CCCCC1. The molecular weight excluding hydrogens is 236 g/mol. The van der Waals surface area contributed by atoms with Crippen molar-refractivity contribution in [2.24, 2.45) is 5.73 Å². The third-order valence-electron chi connectivity index (χ3n) is 3.43. The van der Waals surface area contributed by atoms with Gasteiger partial charge in [0, 0.05) is 6.54 Å². The van der Waals surface area contributed by atoms with Crippen LogP contribution in [-0.4, -0.2) is 26.8 Å². The van der Waals surface area contributed by atoms with Crippen molar-refractivity contribution in [3.05, 3.63) is 0 Å².